The number of carbonyl (C=O) groups excluding carboxylic acids is 1. The van der Waals surface area contributed by atoms with Crippen molar-refractivity contribution < 1.29 is 22.7 Å². The number of hydrogen-bond donors (Lipinski definition) is 1. The number of carbonyl (C=O) groups is 1. The fourth-order valence-corrected chi connectivity index (χ4v) is 4.00. The summed E-state index contributed by atoms with van der Waals surface area (Å²) < 4.78 is 44.5. The number of amides is 1. The summed E-state index contributed by atoms with van der Waals surface area (Å²) in [5, 5.41) is 11.5. The highest BCUT2D eigenvalue weighted by atomic mass is 19.4. The predicted octanol–water partition coefficient (Wildman–Crippen LogP) is 5.86. The molecule has 4 nitrogen and oxygen atoms in total. The molecule has 0 atom stereocenters. The van der Waals surface area contributed by atoms with E-state index in [0.717, 1.165) is 34.4 Å². The van der Waals surface area contributed by atoms with Crippen LogP contribution in [0.5, 0.6) is 0 Å². The molecule has 0 unspecified atom stereocenters. The highest BCUT2D eigenvalue weighted by Gasteiger charge is 2.33. The summed E-state index contributed by atoms with van der Waals surface area (Å²) in [6.45, 7) is 0.378. The first-order valence-corrected chi connectivity index (χ1v) is 10.6. The molecule has 1 aliphatic rings. The Hall–Kier alpha value is -4.23. The summed E-state index contributed by atoms with van der Waals surface area (Å²) in [5.41, 5.74) is 3.18. The Morgan fingerprint density at radius 2 is 1.65 bits per heavy atom. The first kappa shape index (κ1) is 22.9. The van der Waals surface area contributed by atoms with Crippen LogP contribution in [0, 0.1) is 23.2 Å². The van der Waals surface area contributed by atoms with E-state index >= 15 is 0 Å². The van der Waals surface area contributed by atoms with Crippen LogP contribution in [0.1, 0.15) is 40.2 Å². The van der Waals surface area contributed by atoms with Crippen LogP contribution in [0.25, 0.3) is 11.1 Å². The van der Waals surface area contributed by atoms with Crippen molar-refractivity contribution in [2.75, 3.05) is 13.2 Å². The fraction of sp³-hybridized carbons (Fsp3) is 0.185. The summed E-state index contributed by atoms with van der Waals surface area (Å²) in [5.74, 6) is 5.31. The van der Waals surface area contributed by atoms with Crippen LogP contribution in [-0.2, 0) is 10.9 Å². The molecule has 0 aromatic heterocycles. The lowest BCUT2D eigenvalue weighted by atomic mass is 9.98. The van der Waals surface area contributed by atoms with Gasteiger partial charge in [0.2, 0.25) is 0 Å². The van der Waals surface area contributed by atoms with Gasteiger partial charge in [-0.3, -0.25) is 0 Å². The lowest BCUT2D eigenvalue weighted by Gasteiger charge is -2.14. The minimum atomic E-state index is -4.63. The molecule has 0 bridgehead atoms. The van der Waals surface area contributed by atoms with Gasteiger partial charge in [0.1, 0.15) is 6.61 Å². The predicted molar refractivity (Wildman–Crippen MR) is 121 cm³/mol. The van der Waals surface area contributed by atoms with Gasteiger partial charge in [-0.25, -0.2) is 4.79 Å². The van der Waals surface area contributed by atoms with Crippen LogP contribution in [0.3, 0.4) is 0 Å². The van der Waals surface area contributed by atoms with E-state index in [-0.39, 0.29) is 31.1 Å². The van der Waals surface area contributed by atoms with Crippen molar-refractivity contribution in [2.45, 2.75) is 18.5 Å². The second-order valence-corrected chi connectivity index (χ2v) is 7.67. The van der Waals surface area contributed by atoms with Gasteiger partial charge in [0.05, 0.1) is 17.2 Å². The minimum Gasteiger partial charge on any atom is -0.449 e. The molecule has 1 N–H and O–H groups in total. The highest BCUT2D eigenvalue weighted by Crippen LogP contribution is 2.44. The number of alkyl halides is 3. The van der Waals surface area contributed by atoms with Gasteiger partial charge >= 0.3 is 12.3 Å². The monoisotopic (exact) mass is 460 g/mol. The average molecular weight is 460 g/mol. The van der Waals surface area contributed by atoms with E-state index < -0.39 is 23.4 Å². The molecule has 0 radical (unpaired) electrons. The number of hydrogen-bond acceptors (Lipinski definition) is 3. The molecule has 0 saturated carbocycles. The second-order valence-electron chi connectivity index (χ2n) is 7.67. The van der Waals surface area contributed by atoms with E-state index in [4.69, 9.17) is 10.00 Å². The maximum atomic E-state index is 13.0. The zero-order chi connectivity index (χ0) is 24.1. The van der Waals surface area contributed by atoms with Gasteiger partial charge in [0.25, 0.3) is 0 Å². The largest absolute Gasteiger partial charge is 0.449 e. The number of nitriles is 1. The summed E-state index contributed by atoms with van der Waals surface area (Å²) in [7, 11) is 0. The maximum absolute atomic E-state index is 13.0. The Balaban J connectivity index is 1.30. The number of alkyl carbamates (subject to hydrolysis) is 1. The van der Waals surface area contributed by atoms with Gasteiger partial charge < -0.3 is 10.1 Å². The van der Waals surface area contributed by atoms with E-state index in [1.807, 2.05) is 36.4 Å². The van der Waals surface area contributed by atoms with Crippen molar-refractivity contribution in [2.24, 2.45) is 0 Å². The molecule has 1 aliphatic carbocycles. The maximum Gasteiger partial charge on any atom is 0.417 e. The molecule has 0 heterocycles. The fourth-order valence-electron chi connectivity index (χ4n) is 4.00. The number of nitrogens with one attached hydrogen (secondary N) is 1. The molecule has 4 rings (SSSR count). The third kappa shape index (κ3) is 4.89. The lowest BCUT2D eigenvalue weighted by Crippen LogP contribution is -2.26. The van der Waals surface area contributed by atoms with Crippen molar-refractivity contribution in [1.29, 1.82) is 5.26 Å². The topological polar surface area (TPSA) is 62.1 Å². The third-order valence-corrected chi connectivity index (χ3v) is 5.54. The van der Waals surface area contributed by atoms with Gasteiger partial charge in [-0.05, 0) is 40.5 Å². The summed E-state index contributed by atoms with van der Waals surface area (Å²) in [6.07, 6.45) is -4.98. The van der Waals surface area contributed by atoms with Gasteiger partial charge in [-0.1, -0.05) is 60.4 Å². The van der Waals surface area contributed by atoms with Crippen LogP contribution in [0.4, 0.5) is 18.0 Å². The SMILES string of the molecule is N#Cc1ccc(C#CCCNC(=O)OCC2c3ccccc3-c3ccccc32)cc1C(F)(F)F. The van der Waals surface area contributed by atoms with E-state index in [1.165, 1.54) is 12.1 Å². The molecule has 3 aromatic rings. The van der Waals surface area contributed by atoms with Crippen LogP contribution in [-0.4, -0.2) is 19.2 Å². The molecule has 170 valence electrons. The number of nitrogens with zero attached hydrogens (tertiary/aromatic N) is 1. The van der Waals surface area contributed by atoms with Crippen molar-refractivity contribution in [3.8, 4) is 29.0 Å². The molecule has 0 spiro atoms. The lowest BCUT2D eigenvalue weighted by molar-refractivity contribution is -0.137. The molecule has 0 fully saturated rings. The average Bonchev–Trinajstić information content (AvgIpc) is 3.15. The van der Waals surface area contributed by atoms with E-state index in [0.29, 0.717) is 0 Å². The Morgan fingerprint density at radius 3 is 2.26 bits per heavy atom. The second kappa shape index (κ2) is 9.72. The zero-order valence-electron chi connectivity index (χ0n) is 17.9. The Morgan fingerprint density at radius 1 is 1.00 bits per heavy atom. The number of rotatable bonds is 4. The Bertz CT molecular complexity index is 1280. The highest BCUT2D eigenvalue weighted by molar-refractivity contribution is 5.79. The van der Waals surface area contributed by atoms with Crippen LogP contribution in [0.15, 0.2) is 66.7 Å². The van der Waals surface area contributed by atoms with E-state index in [9.17, 15) is 18.0 Å². The van der Waals surface area contributed by atoms with Crippen molar-refractivity contribution in [1.82, 2.24) is 5.32 Å². The number of benzene rings is 3. The quantitative estimate of drug-likeness (QED) is 0.392. The van der Waals surface area contributed by atoms with Crippen molar-refractivity contribution in [3.63, 3.8) is 0 Å². The Kier molecular flexibility index (Phi) is 6.56. The smallest absolute Gasteiger partial charge is 0.417 e. The van der Waals surface area contributed by atoms with E-state index in [2.05, 4.69) is 29.3 Å². The number of halogens is 3. The van der Waals surface area contributed by atoms with Gasteiger partial charge in [-0.2, -0.15) is 18.4 Å². The normalized spacial score (nSPS) is 12.1. The molecule has 1 amide bonds. The first-order chi connectivity index (χ1) is 16.4. The molecular formula is C27H19F3N2O2. The summed E-state index contributed by atoms with van der Waals surface area (Å²) in [6, 6.07) is 20.9. The minimum absolute atomic E-state index is 0.0443. The van der Waals surface area contributed by atoms with Crippen molar-refractivity contribution in [3.05, 3.63) is 94.5 Å². The van der Waals surface area contributed by atoms with Crippen molar-refractivity contribution >= 4 is 6.09 Å². The molecule has 7 heteroatoms. The van der Waals surface area contributed by atoms with E-state index in [1.54, 1.807) is 0 Å². The number of ether oxygens (including phenoxy) is 1. The van der Waals surface area contributed by atoms with Gasteiger partial charge in [0.15, 0.2) is 0 Å². The standard InChI is InChI=1S/C27H19F3N2O2/c28-27(29,30)25-15-18(12-13-19(25)16-31)7-5-6-14-32-26(33)34-17-24-22-10-3-1-8-20(22)21-9-2-4-11-23(21)24/h1-4,8-13,15,24H,6,14,17H2,(H,32,33). The third-order valence-electron chi connectivity index (χ3n) is 5.54. The molecule has 0 saturated heterocycles. The summed E-state index contributed by atoms with van der Waals surface area (Å²) >= 11 is 0. The Labute approximate surface area is 195 Å². The van der Waals surface area contributed by atoms with Crippen LogP contribution >= 0.6 is 0 Å². The zero-order valence-corrected chi connectivity index (χ0v) is 17.9. The van der Waals surface area contributed by atoms with Crippen LogP contribution in [0.2, 0.25) is 0 Å². The molecule has 3 aromatic carbocycles. The van der Waals surface area contributed by atoms with Crippen LogP contribution < -0.4 is 5.32 Å². The molecule has 34 heavy (non-hydrogen) atoms. The first-order valence-electron chi connectivity index (χ1n) is 10.6. The number of fused-ring (bicyclic) bond motifs is 3. The summed E-state index contributed by atoms with van der Waals surface area (Å²) in [4.78, 5) is 12.1. The van der Waals surface area contributed by atoms with Gasteiger partial charge in [-0.15, -0.1) is 0 Å². The van der Waals surface area contributed by atoms with Gasteiger partial charge in [0, 0.05) is 24.4 Å². The molecular weight excluding hydrogens is 441 g/mol. The molecule has 0 aliphatic heterocycles.